The van der Waals surface area contributed by atoms with Gasteiger partial charge in [0.1, 0.15) is 17.1 Å². The van der Waals surface area contributed by atoms with Crippen molar-refractivity contribution in [1.29, 1.82) is 0 Å². The van der Waals surface area contributed by atoms with Crippen molar-refractivity contribution in [1.82, 2.24) is 24.3 Å². The lowest BCUT2D eigenvalue weighted by Gasteiger charge is -2.04. The molecule has 5 nitrogen and oxygen atoms in total. The molecule has 4 aromatic rings. The van der Waals surface area contributed by atoms with Crippen molar-refractivity contribution in [3.63, 3.8) is 0 Å². The van der Waals surface area contributed by atoms with E-state index in [-0.39, 0.29) is 0 Å². The van der Waals surface area contributed by atoms with Gasteiger partial charge in [0.15, 0.2) is 0 Å². The number of nitrogens with one attached hydrogen (secondary N) is 1. The fourth-order valence-electron chi connectivity index (χ4n) is 2.73. The van der Waals surface area contributed by atoms with E-state index in [1.165, 1.54) is 0 Å². The lowest BCUT2D eigenvalue weighted by atomic mass is 10.1. The summed E-state index contributed by atoms with van der Waals surface area (Å²) in [4.78, 5) is 16.7. The number of hydrogen-bond acceptors (Lipinski definition) is 3. The molecule has 0 radical (unpaired) electrons. The maximum Gasteiger partial charge on any atom is 0.141 e. The second kappa shape index (κ2) is 4.94. The molecule has 5 heteroatoms. The molecule has 1 N–H and O–H groups in total. The number of fused-ring (bicyclic) bond motifs is 2. The maximum atomic E-state index is 4.63. The number of rotatable bonds is 3. The molecular formula is C17H17N5. The zero-order valence-electron chi connectivity index (χ0n) is 12.6. The Morgan fingerprint density at radius 1 is 1.23 bits per heavy atom. The fourth-order valence-corrected chi connectivity index (χ4v) is 2.73. The van der Waals surface area contributed by atoms with Crippen molar-refractivity contribution in [2.75, 3.05) is 0 Å². The van der Waals surface area contributed by atoms with Crippen LogP contribution in [-0.4, -0.2) is 24.3 Å². The summed E-state index contributed by atoms with van der Waals surface area (Å²) in [5.74, 6) is 1.44. The highest BCUT2D eigenvalue weighted by molar-refractivity contribution is 5.93. The second-order valence-corrected chi connectivity index (χ2v) is 5.96. The van der Waals surface area contributed by atoms with Gasteiger partial charge in [0.05, 0.1) is 0 Å². The molecule has 0 fully saturated rings. The van der Waals surface area contributed by atoms with Gasteiger partial charge >= 0.3 is 0 Å². The molecule has 0 amide bonds. The highest BCUT2D eigenvalue weighted by Gasteiger charge is 2.10. The largest absolute Gasteiger partial charge is 0.345 e. The topological polar surface area (TPSA) is 58.9 Å². The summed E-state index contributed by atoms with van der Waals surface area (Å²) in [6.45, 7) is 4.35. The minimum atomic E-state index is 0.551. The van der Waals surface area contributed by atoms with E-state index in [0.717, 1.165) is 40.1 Å². The molecule has 0 aliphatic heterocycles. The molecule has 0 saturated carbocycles. The first-order valence-corrected chi connectivity index (χ1v) is 7.47. The molecule has 110 valence electrons. The lowest BCUT2D eigenvalue weighted by molar-refractivity contribution is 0.622. The van der Waals surface area contributed by atoms with Crippen molar-refractivity contribution in [3.05, 3.63) is 48.9 Å². The third-order valence-corrected chi connectivity index (χ3v) is 3.77. The van der Waals surface area contributed by atoms with Crippen LogP contribution < -0.4 is 0 Å². The molecule has 0 unspecified atom stereocenters. The Morgan fingerprint density at radius 2 is 2.14 bits per heavy atom. The van der Waals surface area contributed by atoms with Crippen LogP contribution in [0.2, 0.25) is 0 Å². The van der Waals surface area contributed by atoms with Crippen LogP contribution in [0.3, 0.4) is 0 Å². The molecule has 0 spiro atoms. The van der Waals surface area contributed by atoms with Crippen LogP contribution in [0.25, 0.3) is 27.8 Å². The van der Waals surface area contributed by atoms with Crippen LogP contribution in [0, 0.1) is 5.92 Å². The van der Waals surface area contributed by atoms with Crippen LogP contribution >= 0.6 is 0 Å². The molecular weight excluding hydrogens is 274 g/mol. The predicted octanol–water partition coefficient (Wildman–Crippen LogP) is 3.47. The first kappa shape index (κ1) is 13.0. The summed E-state index contributed by atoms with van der Waals surface area (Å²) in [6, 6.07) is 4.09. The summed E-state index contributed by atoms with van der Waals surface area (Å²) in [7, 11) is 0. The quantitative estimate of drug-likeness (QED) is 0.628. The first-order valence-electron chi connectivity index (χ1n) is 7.47. The summed E-state index contributed by atoms with van der Waals surface area (Å²) in [6.07, 6.45) is 10.6. The van der Waals surface area contributed by atoms with Crippen LogP contribution in [0.4, 0.5) is 0 Å². The van der Waals surface area contributed by atoms with Gasteiger partial charge < -0.3 is 9.38 Å². The van der Waals surface area contributed by atoms with E-state index in [0.29, 0.717) is 5.92 Å². The van der Waals surface area contributed by atoms with Gasteiger partial charge in [-0.25, -0.2) is 15.0 Å². The van der Waals surface area contributed by atoms with Gasteiger partial charge in [0.25, 0.3) is 0 Å². The van der Waals surface area contributed by atoms with Gasteiger partial charge in [-0.2, -0.15) is 0 Å². The molecule has 4 aromatic heterocycles. The van der Waals surface area contributed by atoms with Gasteiger partial charge in [-0.3, -0.25) is 0 Å². The third-order valence-electron chi connectivity index (χ3n) is 3.77. The summed E-state index contributed by atoms with van der Waals surface area (Å²) >= 11 is 0. The van der Waals surface area contributed by atoms with E-state index >= 15 is 0 Å². The number of nitrogens with zero attached hydrogens (tertiary/aromatic N) is 4. The van der Waals surface area contributed by atoms with Gasteiger partial charge in [0, 0.05) is 53.9 Å². The molecule has 0 atom stereocenters. The maximum absolute atomic E-state index is 4.63. The lowest BCUT2D eigenvalue weighted by Crippen LogP contribution is -2.00. The van der Waals surface area contributed by atoms with E-state index in [4.69, 9.17) is 0 Å². The molecule has 4 rings (SSSR count). The van der Waals surface area contributed by atoms with Crippen molar-refractivity contribution in [2.45, 2.75) is 20.3 Å². The van der Waals surface area contributed by atoms with E-state index in [2.05, 4.69) is 46.0 Å². The predicted molar refractivity (Wildman–Crippen MR) is 86.6 cm³/mol. The molecule has 0 bridgehead atoms. The zero-order chi connectivity index (χ0) is 15.1. The Hall–Kier alpha value is -2.69. The Balaban J connectivity index is 1.81. The SMILES string of the molecule is CC(C)Cc1ncc2c(-c3ccc4nccn4c3)c[nH]c2n1. The number of H-pyrrole nitrogens is 1. The molecule has 0 saturated heterocycles. The standard InChI is InChI=1S/C17H17N5/c1-11(2)7-15-19-9-14-13(8-20-17(14)21-15)12-3-4-16-18-5-6-22(16)10-12/h3-6,8-11H,7H2,1-2H3,(H,19,20,21). The average molecular weight is 291 g/mol. The van der Waals surface area contributed by atoms with Gasteiger partial charge in [-0.15, -0.1) is 0 Å². The van der Waals surface area contributed by atoms with Gasteiger partial charge in [-0.1, -0.05) is 13.8 Å². The Kier molecular flexibility index (Phi) is 2.92. The molecule has 0 aromatic carbocycles. The molecule has 22 heavy (non-hydrogen) atoms. The van der Waals surface area contributed by atoms with E-state index in [1.54, 1.807) is 6.20 Å². The van der Waals surface area contributed by atoms with E-state index < -0.39 is 0 Å². The van der Waals surface area contributed by atoms with Crippen molar-refractivity contribution in [2.24, 2.45) is 5.92 Å². The van der Waals surface area contributed by atoms with Crippen LogP contribution in [0.1, 0.15) is 19.7 Å². The Morgan fingerprint density at radius 3 is 3.00 bits per heavy atom. The van der Waals surface area contributed by atoms with Crippen LogP contribution in [-0.2, 0) is 6.42 Å². The normalized spacial score (nSPS) is 11.8. The fraction of sp³-hybridized carbons (Fsp3) is 0.235. The zero-order valence-corrected chi connectivity index (χ0v) is 12.6. The molecule has 4 heterocycles. The van der Waals surface area contributed by atoms with E-state index in [9.17, 15) is 0 Å². The minimum Gasteiger partial charge on any atom is -0.345 e. The second-order valence-electron chi connectivity index (χ2n) is 5.96. The summed E-state index contributed by atoms with van der Waals surface area (Å²) < 4.78 is 2.02. The number of aromatic amines is 1. The average Bonchev–Trinajstić information content (AvgIpc) is 3.11. The number of pyridine rings is 1. The number of hydrogen-bond donors (Lipinski definition) is 1. The summed E-state index contributed by atoms with van der Waals surface area (Å²) in [5, 5.41) is 1.05. The van der Waals surface area contributed by atoms with E-state index in [1.807, 2.05) is 29.1 Å². The smallest absolute Gasteiger partial charge is 0.141 e. The highest BCUT2D eigenvalue weighted by atomic mass is 15.0. The van der Waals surface area contributed by atoms with Crippen molar-refractivity contribution < 1.29 is 0 Å². The van der Waals surface area contributed by atoms with Crippen molar-refractivity contribution >= 4 is 16.7 Å². The molecule has 0 aliphatic carbocycles. The van der Waals surface area contributed by atoms with Gasteiger partial charge in [0.2, 0.25) is 0 Å². The molecule has 0 aliphatic rings. The highest BCUT2D eigenvalue weighted by Crippen LogP contribution is 2.27. The third kappa shape index (κ3) is 2.15. The Bertz CT molecular complexity index is 948. The number of aromatic nitrogens is 5. The van der Waals surface area contributed by atoms with Gasteiger partial charge in [-0.05, 0) is 18.1 Å². The number of imidazole rings is 1. The Labute approximate surface area is 128 Å². The minimum absolute atomic E-state index is 0.551. The monoisotopic (exact) mass is 291 g/mol. The van der Waals surface area contributed by atoms with Crippen LogP contribution in [0.15, 0.2) is 43.1 Å². The van der Waals surface area contributed by atoms with Crippen LogP contribution in [0.5, 0.6) is 0 Å². The first-order chi connectivity index (χ1) is 10.7. The summed E-state index contributed by atoms with van der Waals surface area (Å²) in [5.41, 5.74) is 4.07. The van der Waals surface area contributed by atoms with Crippen molar-refractivity contribution in [3.8, 4) is 11.1 Å².